The number of terminal acetylenes is 1. The number of hydrogen-bond donors (Lipinski definition) is 2. The van der Waals surface area contributed by atoms with Gasteiger partial charge >= 0.3 is 13.5 Å². The maximum absolute atomic E-state index is 12.8. The second-order valence-electron chi connectivity index (χ2n) is 8.44. The summed E-state index contributed by atoms with van der Waals surface area (Å²) in [6, 6.07) is 0.734. The summed E-state index contributed by atoms with van der Waals surface area (Å²) < 4.78 is 45.4. The third-order valence-electron chi connectivity index (χ3n) is 4.23. The van der Waals surface area contributed by atoms with E-state index in [4.69, 9.17) is 15.5 Å². The van der Waals surface area contributed by atoms with Crippen LogP contribution in [0.15, 0.2) is 17.3 Å². The molecule has 0 fully saturated rings. The monoisotopic (exact) mass is 550 g/mol. The number of aromatic nitrogens is 1. The summed E-state index contributed by atoms with van der Waals surface area (Å²) in [7, 11) is -2.74. The molecule has 200 valence electrons. The number of hydrogen-bond acceptors (Lipinski definition) is 10. The van der Waals surface area contributed by atoms with Gasteiger partial charge in [0.2, 0.25) is 10.9 Å². The molecule has 0 spiro atoms. The molecule has 17 heteroatoms. The molecule has 1 rings (SSSR count). The lowest BCUT2D eigenvalue weighted by atomic mass is 10.2. The average molecular weight is 551 g/mol. The molecular formula is C19H29N5O10PS+. The minimum Gasteiger partial charge on any atom is -0.352 e. The van der Waals surface area contributed by atoms with Crippen LogP contribution < -0.4 is 5.32 Å². The van der Waals surface area contributed by atoms with Gasteiger partial charge in [-0.05, 0) is 0 Å². The zero-order valence-corrected chi connectivity index (χ0v) is 22.0. The van der Waals surface area contributed by atoms with Gasteiger partial charge in [0.1, 0.15) is 19.7 Å². The number of phosphoric acid groups is 1. The standard InChI is InChI=1S/C19H28N5O10PS/c1-6-8-22(19(26)15-12-16(23(27)28)18(21-13-15)36(5,31)32)14-17(25)20-7-10-33-35(29,30)34-11-9-24(2,3)4/h1,12-13H,7-11,14H2,2-5H3,(H-,20,25,29,30)/p+1. The molecular weight excluding hydrogens is 521 g/mol. The van der Waals surface area contributed by atoms with Crippen LogP contribution in [0.3, 0.4) is 0 Å². The molecule has 1 aromatic rings. The number of rotatable bonds is 14. The zero-order valence-electron chi connectivity index (χ0n) is 20.2. The molecule has 0 radical (unpaired) electrons. The Kier molecular flexibility index (Phi) is 11.1. The Bertz CT molecular complexity index is 1180. The van der Waals surface area contributed by atoms with Gasteiger partial charge in [0.05, 0.1) is 44.8 Å². The van der Waals surface area contributed by atoms with Gasteiger partial charge < -0.3 is 19.6 Å². The molecule has 2 N–H and O–H groups in total. The van der Waals surface area contributed by atoms with Crippen LogP contribution in [-0.2, 0) is 28.2 Å². The molecule has 36 heavy (non-hydrogen) atoms. The highest BCUT2D eigenvalue weighted by Gasteiger charge is 2.28. The highest BCUT2D eigenvalue weighted by Crippen LogP contribution is 2.42. The molecule has 0 saturated carbocycles. The largest absolute Gasteiger partial charge is 0.472 e. The Morgan fingerprint density at radius 2 is 1.94 bits per heavy atom. The Morgan fingerprint density at radius 3 is 2.47 bits per heavy atom. The molecule has 2 amide bonds. The summed E-state index contributed by atoms with van der Waals surface area (Å²) in [5.74, 6) is 0.562. The van der Waals surface area contributed by atoms with Crippen LogP contribution in [0.1, 0.15) is 10.4 Å². The number of amides is 2. The summed E-state index contributed by atoms with van der Waals surface area (Å²) in [6.45, 7) is -1.05. The lowest BCUT2D eigenvalue weighted by Gasteiger charge is -2.24. The predicted octanol–water partition coefficient (Wildman–Crippen LogP) is -0.575. The number of quaternary nitrogens is 1. The number of pyridine rings is 1. The van der Waals surface area contributed by atoms with Crippen LogP contribution in [0, 0.1) is 22.5 Å². The molecule has 15 nitrogen and oxygen atoms in total. The van der Waals surface area contributed by atoms with Gasteiger partial charge in [-0.15, -0.1) is 6.42 Å². The summed E-state index contributed by atoms with van der Waals surface area (Å²) >= 11 is 0. The van der Waals surface area contributed by atoms with E-state index >= 15 is 0 Å². The average Bonchev–Trinajstić information content (AvgIpc) is 2.73. The second-order valence-corrected chi connectivity index (χ2v) is 11.8. The molecule has 1 heterocycles. The quantitative estimate of drug-likeness (QED) is 0.0751. The number of carbonyl (C=O) groups is 2. The zero-order chi connectivity index (χ0) is 27.7. The smallest absolute Gasteiger partial charge is 0.352 e. The van der Waals surface area contributed by atoms with Crippen molar-refractivity contribution in [3.05, 3.63) is 27.9 Å². The topological polar surface area (TPSA) is 195 Å². The lowest BCUT2D eigenvalue weighted by molar-refractivity contribution is -0.870. The van der Waals surface area contributed by atoms with Crippen LogP contribution in [0.4, 0.5) is 5.69 Å². The maximum Gasteiger partial charge on any atom is 0.472 e. The molecule has 0 aliphatic heterocycles. The fourth-order valence-corrected chi connectivity index (χ4v) is 3.98. The minimum atomic E-state index is -4.32. The lowest BCUT2D eigenvalue weighted by Crippen LogP contribution is -2.41. The Morgan fingerprint density at radius 1 is 1.33 bits per heavy atom. The first-order valence-corrected chi connectivity index (χ1v) is 13.6. The van der Waals surface area contributed by atoms with E-state index in [9.17, 15) is 37.6 Å². The first-order valence-electron chi connectivity index (χ1n) is 10.2. The van der Waals surface area contributed by atoms with Crippen molar-refractivity contribution < 1.29 is 45.9 Å². The number of likely N-dealkylation sites (N-methyl/N-ethyl adjacent to an activating group) is 1. The van der Waals surface area contributed by atoms with Crippen molar-refractivity contribution in [2.24, 2.45) is 0 Å². The highest BCUT2D eigenvalue weighted by molar-refractivity contribution is 7.90. The normalized spacial score (nSPS) is 13.3. The van der Waals surface area contributed by atoms with E-state index in [1.165, 1.54) is 0 Å². The molecule has 0 saturated heterocycles. The van der Waals surface area contributed by atoms with E-state index in [1.807, 2.05) is 21.1 Å². The van der Waals surface area contributed by atoms with E-state index in [0.29, 0.717) is 11.0 Å². The fourth-order valence-electron chi connectivity index (χ4n) is 2.51. The maximum atomic E-state index is 12.8. The van der Waals surface area contributed by atoms with Crippen molar-refractivity contribution in [2.45, 2.75) is 5.03 Å². The van der Waals surface area contributed by atoms with Crippen LogP contribution in [0.5, 0.6) is 0 Å². The number of nitrogens with zero attached hydrogens (tertiary/aromatic N) is 4. The molecule has 0 aliphatic rings. The van der Waals surface area contributed by atoms with Gasteiger partial charge in [-0.25, -0.2) is 18.0 Å². The molecule has 0 aliphatic carbocycles. The van der Waals surface area contributed by atoms with Crippen molar-refractivity contribution in [3.63, 3.8) is 0 Å². The predicted molar refractivity (Wildman–Crippen MR) is 126 cm³/mol. The Hall–Kier alpha value is -2.93. The summed E-state index contributed by atoms with van der Waals surface area (Å²) in [4.78, 5) is 49.3. The molecule has 0 aromatic carbocycles. The molecule has 1 unspecified atom stereocenters. The van der Waals surface area contributed by atoms with E-state index in [0.717, 1.165) is 23.4 Å². The van der Waals surface area contributed by atoms with Gasteiger partial charge in [0.15, 0.2) is 9.84 Å². The van der Waals surface area contributed by atoms with E-state index in [-0.39, 0.29) is 31.9 Å². The van der Waals surface area contributed by atoms with Crippen molar-refractivity contribution in [2.75, 3.05) is 66.8 Å². The summed E-state index contributed by atoms with van der Waals surface area (Å²) in [5, 5.41) is 12.8. The SMILES string of the molecule is C#CCN(CC(=O)NCCOP(=O)(O)OCC[N+](C)(C)C)C(=O)c1cnc(S(C)(=O)=O)c([N+](=O)[O-])c1. The second kappa shape index (κ2) is 12.9. The van der Waals surface area contributed by atoms with Gasteiger partial charge in [0.25, 0.3) is 5.91 Å². The fraction of sp³-hybridized carbons (Fsp3) is 0.526. The van der Waals surface area contributed by atoms with E-state index in [1.54, 1.807) is 0 Å². The van der Waals surface area contributed by atoms with Crippen LogP contribution >= 0.6 is 7.82 Å². The van der Waals surface area contributed by atoms with Crippen LogP contribution in [0.25, 0.3) is 0 Å². The van der Waals surface area contributed by atoms with E-state index < -0.39 is 51.7 Å². The first-order chi connectivity index (χ1) is 16.5. The third-order valence-corrected chi connectivity index (χ3v) is 6.26. The highest BCUT2D eigenvalue weighted by atomic mass is 32.2. The minimum absolute atomic E-state index is 0.0228. The molecule has 1 aromatic heterocycles. The molecule has 0 bridgehead atoms. The van der Waals surface area contributed by atoms with Crippen LogP contribution in [0.2, 0.25) is 0 Å². The number of nitro groups is 1. The summed E-state index contributed by atoms with van der Waals surface area (Å²) in [6.07, 6.45) is 6.81. The van der Waals surface area contributed by atoms with Gasteiger partial charge in [-0.2, -0.15) is 0 Å². The number of phosphoric ester groups is 1. The summed E-state index contributed by atoms with van der Waals surface area (Å²) in [5.41, 5.74) is -1.25. The Labute approximate surface area is 208 Å². The Balaban J connectivity index is 2.75. The van der Waals surface area contributed by atoms with Crippen LogP contribution in [-0.4, -0.2) is 111 Å². The third kappa shape index (κ3) is 10.8. The van der Waals surface area contributed by atoms with Crippen molar-refractivity contribution >= 4 is 35.2 Å². The molecule has 1 atom stereocenters. The number of sulfone groups is 1. The number of carbonyl (C=O) groups excluding carboxylic acids is 2. The number of nitrogens with one attached hydrogen (secondary N) is 1. The van der Waals surface area contributed by atoms with Gasteiger partial charge in [0, 0.05) is 25.1 Å². The first kappa shape index (κ1) is 31.1. The van der Waals surface area contributed by atoms with E-state index in [2.05, 4.69) is 16.2 Å². The van der Waals surface area contributed by atoms with Crippen molar-refractivity contribution in [1.82, 2.24) is 15.2 Å². The van der Waals surface area contributed by atoms with Gasteiger partial charge in [-0.1, -0.05) is 5.92 Å². The van der Waals surface area contributed by atoms with Gasteiger partial charge in [-0.3, -0.25) is 28.8 Å². The van der Waals surface area contributed by atoms with Crippen molar-refractivity contribution in [3.8, 4) is 12.3 Å². The van der Waals surface area contributed by atoms with Crippen molar-refractivity contribution in [1.29, 1.82) is 0 Å².